The van der Waals surface area contributed by atoms with E-state index in [1.165, 1.54) is 6.92 Å². The van der Waals surface area contributed by atoms with Crippen LogP contribution in [0.1, 0.15) is 15.9 Å². The van der Waals surface area contributed by atoms with Gasteiger partial charge in [0.05, 0.1) is 12.7 Å². The molecule has 1 heterocycles. The molecule has 94 valence electrons. The van der Waals surface area contributed by atoms with Crippen molar-refractivity contribution in [2.24, 2.45) is 0 Å². The zero-order chi connectivity index (χ0) is 13.2. The van der Waals surface area contributed by atoms with Crippen LogP contribution in [0.25, 0.3) is 0 Å². The molecule has 4 nitrogen and oxygen atoms in total. The summed E-state index contributed by atoms with van der Waals surface area (Å²) in [7, 11) is 1.10. The lowest BCUT2D eigenvalue weighted by Crippen LogP contribution is -2.20. The molecule has 1 aromatic rings. The third-order valence-corrected chi connectivity index (χ3v) is 1.99. The second kappa shape index (κ2) is 4.79. The maximum atomic E-state index is 12.2. The molecular formula is C9H7ClF3NO3. The first-order valence-electron chi connectivity index (χ1n) is 4.25. The van der Waals surface area contributed by atoms with Crippen LogP contribution < -0.4 is 9.47 Å². The van der Waals surface area contributed by atoms with Crippen molar-refractivity contribution in [2.45, 2.75) is 13.3 Å². The van der Waals surface area contributed by atoms with Gasteiger partial charge in [0, 0.05) is 6.20 Å². The summed E-state index contributed by atoms with van der Waals surface area (Å²) in [4.78, 5) is 14.6. The highest BCUT2D eigenvalue weighted by atomic mass is 35.5. The van der Waals surface area contributed by atoms with Crippen molar-refractivity contribution >= 4 is 16.8 Å². The Labute approximate surface area is 99.3 Å². The molecular weight excluding hydrogens is 263 g/mol. The minimum absolute atomic E-state index is 0.157. The molecule has 8 heteroatoms. The van der Waals surface area contributed by atoms with Gasteiger partial charge in [-0.25, -0.2) is 4.98 Å². The predicted octanol–water partition coefficient (Wildman–Crippen LogP) is 2.68. The third-order valence-electron chi connectivity index (χ3n) is 1.80. The van der Waals surface area contributed by atoms with Gasteiger partial charge < -0.3 is 9.47 Å². The van der Waals surface area contributed by atoms with Crippen LogP contribution in [-0.4, -0.2) is 23.7 Å². The molecule has 1 rings (SSSR count). The Balaban J connectivity index is 3.40. The molecule has 0 aliphatic heterocycles. The number of halogens is 4. The number of ether oxygens (including phenoxy) is 2. The molecule has 0 saturated heterocycles. The maximum absolute atomic E-state index is 12.2. The molecule has 1 aromatic heterocycles. The first-order chi connectivity index (χ1) is 7.76. The molecule has 17 heavy (non-hydrogen) atoms. The van der Waals surface area contributed by atoms with Crippen molar-refractivity contribution in [1.29, 1.82) is 0 Å². The van der Waals surface area contributed by atoms with E-state index in [1.807, 2.05) is 0 Å². The summed E-state index contributed by atoms with van der Waals surface area (Å²) in [5, 5.41) is -1.08. The smallest absolute Gasteiger partial charge is 0.478 e. The van der Waals surface area contributed by atoms with E-state index < -0.39 is 28.8 Å². The Morgan fingerprint density at radius 3 is 2.47 bits per heavy atom. The van der Waals surface area contributed by atoms with Crippen LogP contribution >= 0.6 is 11.6 Å². The zero-order valence-electron chi connectivity index (χ0n) is 8.76. The fraction of sp³-hybridized carbons (Fsp3) is 0.333. The molecule has 0 atom stereocenters. The molecule has 0 N–H and O–H groups in total. The van der Waals surface area contributed by atoms with Crippen LogP contribution in [0.5, 0.6) is 11.6 Å². The highest BCUT2D eigenvalue weighted by Crippen LogP contribution is 2.36. The average Bonchev–Trinajstić information content (AvgIpc) is 2.15. The van der Waals surface area contributed by atoms with Crippen LogP contribution in [0, 0.1) is 6.92 Å². The van der Waals surface area contributed by atoms with E-state index in [4.69, 9.17) is 11.6 Å². The molecule has 0 aliphatic carbocycles. The van der Waals surface area contributed by atoms with Gasteiger partial charge in [0.1, 0.15) is 0 Å². The maximum Gasteiger partial charge on any atom is 0.573 e. The van der Waals surface area contributed by atoms with E-state index in [1.54, 1.807) is 0 Å². The number of aryl methyl sites for hydroxylation is 1. The summed E-state index contributed by atoms with van der Waals surface area (Å²) in [5.41, 5.74) is -0.263. The molecule has 0 radical (unpaired) electrons. The number of rotatable bonds is 3. The summed E-state index contributed by atoms with van der Waals surface area (Å²) >= 11 is 5.20. The largest absolute Gasteiger partial charge is 0.573 e. The molecule has 0 aromatic carbocycles. The van der Waals surface area contributed by atoms with Crippen molar-refractivity contribution in [2.75, 3.05) is 7.11 Å². The Morgan fingerprint density at radius 1 is 1.47 bits per heavy atom. The average molecular weight is 270 g/mol. The van der Waals surface area contributed by atoms with E-state index in [0.29, 0.717) is 0 Å². The van der Waals surface area contributed by atoms with Gasteiger partial charge in [-0.15, -0.1) is 13.2 Å². The number of hydrogen-bond acceptors (Lipinski definition) is 4. The van der Waals surface area contributed by atoms with Gasteiger partial charge in [-0.2, -0.15) is 0 Å². The van der Waals surface area contributed by atoms with E-state index in [2.05, 4.69) is 14.5 Å². The van der Waals surface area contributed by atoms with E-state index in [9.17, 15) is 18.0 Å². The van der Waals surface area contributed by atoms with Crippen LogP contribution in [0.2, 0.25) is 0 Å². The van der Waals surface area contributed by atoms with E-state index in [-0.39, 0.29) is 5.56 Å². The molecule has 0 unspecified atom stereocenters. The second-order valence-corrected chi connectivity index (χ2v) is 3.32. The van der Waals surface area contributed by atoms with Gasteiger partial charge in [-0.1, -0.05) is 0 Å². The number of pyridine rings is 1. The fourth-order valence-electron chi connectivity index (χ4n) is 1.16. The quantitative estimate of drug-likeness (QED) is 0.792. The number of alkyl halides is 3. The van der Waals surface area contributed by atoms with Gasteiger partial charge >= 0.3 is 6.36 Å². The molecule has 0 saturated carbocycles. The lowest BCUT2D eigenvalue weighted by atomic mass is 10.1. The zero-order valence-corrected chi connectivity index (χ0v) is 9.52. The highest BCUT2D eigenvalue weighted by molar-refractivity contribution is 6.68. The summed E-state index contributed by atoms with van der Waals surface area (Å²) in [6, 6.07) is 0. The molecule has 0 amide bonds. The van der Waals surface area contributed by atoms with Gasteiger partial charge in [-0.3, -0.25) is 4.79 Å². The Morgan fingerprint density at radius 2 is 2.06 bits per heavy atom. The van der Waals surface area contributed by atoms with Gasteiger partial charge in [0.2, 0.25) is 5.75 Å². The Hall–Kier alpha value is -1.50. The summed E-state index contributed by atoms with van der Waals surface area (Å²) in [6.45, 7) is 1.38. The third kappa shape index (κ3) is 3.23. The first kappa shape index (κ1) is 13.6. The van der Waals surface area contributed by atoms with E-state index >= 15 is 0 Å². The summed E-state index contributed by atoms with van der Waals surface area (Å²) in [6.07, 6.45) is -3.80. The summed E-state index contributed by atoms with van der Waals surface area (Å²) < 4.78 is 44.8. The topological polar surface area (TPSA) is 48.4 Å². The summed E-state index contributed by atoms with van der Waals surface area (Å²) in [5.74, 6) is -1.29. The Kier molecular flexibility index (Phi) is 3.82. The SMILES string of the molecule is COc1ncc(C)c(C(=O)Cl)c1OC(F)(F)F. The minimum atomic E-state index is -4.97. The lowest BCUT2D eigenvalue weighted by molar-refractivity contribution is -0.275. The number of carbonyl (C=O) groups is 1. The molecule has 0 aliphatic rings. The number of nitrogens with zero attached hydrogens (tertiary/aromatic N) is 1. The Bertz CT molecular complexity index is 448. The standard InChI is InChI=1S/C9H7ClF3NO3/c1-4-3-14-8(16-2)6(5(4)7(10)15)17-9(11,12)13/h3H,1-2H3. The van der Waals surface area contributed by atoms with E-state index in [0.717, 1.165) is 13.3 Å². The normalized spacial score (nSPS) is 11.2. The first-order valence-corrected chi connectivity index (χ1v) is 4.63. The minimum Gasteiger partial charge on any atom is -0.478 e. The predicted molar refractivity (Wildman–Crippen MR) is 52.4 cm³/mol. The molecule has 0 spiro atoms. The molecule has 0 fully saturated rings. The lowest BCUT2D eigenvalue weighted by Gasteiger charge is -2.15. The van der Waals surface area contributed by atoms with Gasteiger partial charge in [0.15, 0.2) is 0 Å². The van der Waals surface area contributed by atoms with Crippen molar-refractivity contribution in [3.8, 4) is 11.6 Å². The number of carbonyl (C=O) groups excluding carboxylic acids is 1. The number of methoxy groups -OCH3 is 1. The van der Waals surface area contributed by atoms with Crippen molar-refractivity contribution < 1.29 is 27.4 Å². The van der Waals surface area contributed by atoms with Crippen LogP contribution in [0.3, 0.4) is 0 Å². The van der Waals surface area contributed by atoms with Gasteiger partial charge in [0.25, 0.3) is 11.1 Å². The fourth-order valence-corrected chi connectivity index (χ4v) is 1.40. The number of aromatic nitrogens is 1. The van der Waals surface area contributed by atoms with Gasteiger partial charge in [-0.05, 0) is 24.1 Å². The monoisotopic (exact) mass is 269 g/mol. The highest BCUT2D eigenvalue weighted by Gasteiger charge is 2.35. The van der Waals surface area contributed by atoms with Crippen molar-refractivity contribution in [3.05, 3.63) is 17.3 Å². The second-order valence-electron chi connectivity index (χ2n) is 2.98. The molecule has 0 bridgehead atoms. The van der Waals surface area contributed by atoms with Crippen LogP contribution in [-0.2, 0) is 0 Å². The van der Waals surface area contributed by atoms with Crippen LogP contribution in [0.4, 0.5) is 13.2 Å². The van der Waals surface area contributed by atoms with Crippen molar-refractivity contribution in [3.63, 3.8) is 0 Å². The van der Waals surface area contributed by atoms with Crippen LogP contribution in [0.15, 0.2) is 6.20 Å². The van der Waals surface area contributed by atoms with Crippen molar-refractivity contribution in [1.82, 2.24) is 4.98 Å². The number of hydrogen-bond donors (Lipinski definition) is 0.